The molecule has 0 aliphatic carbocycles. The highest BCUT2D eigenvalue weighted by molar-refractivity contribution is 7.89. The van der Waals surface area contributed by atoms with Gasteiger partial charge in [-0.25, -0.2) is 8.42 Å². The summed E-state index contributed by atoms with van der Waals surface area (Å²) >= 11 is 0. The van der Waals surface area contributed by atoms with Crippen LogP contribution in [-0.2, 0) is 15.6 Å². The number of fused-ring (bicyclic) bond motifs is 1. The molecule has 0 unspecified atom stereocenters. The Labute approximate surface area is 87.1 Å². The summed E-state index contributed by atoms with van der Waals surface area (Å²) in [7, 11) is -3.07. The number of benzene rings is 1. The molecule has 0 aliphatic heterocycles. The van der Waals surface area contributed by atoms with E-state index in [0.717, 1.165) is 5.39 Å². The van der Waals surface area contributed by atoms with E-state index in [9.17, 15) is 13.5 Å². The molecule has 0 amide bonds. The predicted molar refractivity (Wildman–Crippen MR) is 56.4 cm³/mol. The number of sulfone groups is 1. The molecule has 0 bridgehead atoms. The largest absolute Gasteiger partial charge is 0.508 e. The Morgan fingerprint density at radius 1 is 1.40 bits per heavy atom. The van der Waals surface area contributed by atoms with E-state index in [4.69, 9.17) is 4.42 Å². The van der Waals surface area contributed by atoms with Gasteiger partial charge in [-0.1, -0.05) is 0 Å². The lowest BCUT2D eigenvalue weighted by atomic mass is 10.2. The molecule has 0 saturated heterocycles. The Morgan fingerprint density at radius 2 is 2.13 bits per heavy atom. The molecule has 2 aromatic rings. The standard InChI is InChI=1S/C10H10O4S/c1-15(12,13)6-7-5-14-10-4-8(11)2-3-9(7)10/h2-5,11H,6H2,1H3. The van der Waals surface area contributed by atoms with Crippen LogP contribution < -0.4 is 0 Å². The van der Waals surface area contributed by atoms with E-state index in [2.05, 4.69) is 0 Å². The van der Waals surface area contributed by atoms with Crippen LogP contribution in [0.15, 0.2) is 28.9 Å². The summed E-state index contributed by atoms with van der Waals surface area (Å²) in [6.45, 7) is 0. The molecule has 4 nitrogen and oxygen atoms in total. The summed E-state index contributed by atoms with van der Waals surface area (Å²) in [4.78, 5) is 0. The minimum Gasteiger partial charge on any atom is -0.508 e. The van der Waals surface area contributed by atoms with E-state index < -0.39 is 9.84 Å². The number of hydrogen-bond donors (Lipinski definition) is 1. The summed E-state index contributed by atoms with van der Waals surface area (Å²) in [5.74, 6) is 0.0490. The minimum absolute atomic E-state index is 0.0508. The van der Waals surface area contributed by atoms with Gasteiger partial charge in [0, 0.05) is 23.3 Å². The number of furan rings is 1. The van der Waals surface area contributed by atoms with Gasteiger partial charge in [0.25, 0.3) is 0 Å². The van der Waals surface area contributed by atoms with Crippen molar-refractivity contribution in [2.75, 3.05) is 6.26 Å². The topological polar surface area (TPSA) is 67.5 Å². The number of rotatable bonds is 2. The van der Waals surface area contributed by atoms with Crippen molar-refractivity contribution in [2.45, 2.75) is 5.75 Å². The van der Waals surface area contributed by atoms with Crippen molar-refractivity contribution in [1.29, 1.82) is 0 Å². The molecular weight excluding hydrogens is 216 g/mol. The van der Waals surface area contributed by atoms with Crippen molar-refractivity contribution in [1.82, 2.24) is 0 Å². The van der Waals surface area contributed by atoms with Gasteiger partial charge in [0.2, 0.25) is 0 Å². The molecule has 80 valence electrons. The lowest BCUT2D eigenvalue weighted by molar-refractivity contribution is 0.474. The molecular formula is C10H10O4S. The van der Waals surface area contributed by atoms with Crippen LogP contribution in [0.25, 0.3) is 11.0 Å². The first-order valence-corrected chi connectivity index (χ1v) is 6.38. The molecule has 1 N–H and O–H groups in total. The molecule has 0 radical (unpaired) electrons. The lowest BCUT2D eigenvalue weighted by Crippen LogP contribution is -1.99. The monoisotopic (exact) mass is 226 g/mol. The maximum atomic E-state index is 11.1. The second-order valence-electron chi connectivity index (χ2n) is 3.51. The zero-order valence-corrected chi connectivity index (χ0v) is 8.91. The Bertz CT molecular complexity index is 595. The third kappa shape index (κ3) is 2.12. The van der Waals surface area contributed by atoms with Crippen LogP contribution in [0, 0.1) is 0 Å². The summed E-state index contributed by atoms with van der Waals surface area (Å²) in [6.07, 6.45) is 2.58. The number of hydrogen-bond acceptors (Lipinski definition) is 4. The van der Waals surface area contributed by atoms with E-state index in [-0.39, 0.29) is 11.5 Å². The van der Waals surface area contributed by atoms with Gasteiger partial charge in [0.1, 0.15) is 11.3 Å². The predicted octanol–water partition coefficient (Wildman–Crippen LogP) is 1.68. The fourth-order valence-corrected chi connectivity index (χ4v) is 2.25. The summed E-state index contributed by atoms with van der Waals surface area (Å²) in [5, 5.41) is 9.91. The molecule has 0 aliphatic rings. The van der Waals surface area contributed by atoms with E-state index in [1.54, 1.807) is 6.07 Å². The highest BCUT2D eigenvalue weighted by Gasteiger charge is 2.11. The molecule has 0 atom stereocenters. The van der Waals surface area contributed by atoms with Crippen LogP contribution in [0.4, 0.5) is 0 Å². The molecule has 15 heavy (non-hydrogen) atoms. The van der Waals surface area contributed by atoms with Crippen LogP contribution in [0.2, 0.25) is 0 Å². The Kier molecular flexibility index (Phi) is 2.19. The van der Waals surface area contributed by atoms with Gasteiger partial charge in [-0.3, -0.25) is 0 Å². The normalized spacial score (nSPS) is 12.1. The minimum atomic E-state index is -3.07. The average molecular weight is 226 g/mol. The lowest BCUT2D eigenvalue weighted by Gasteiger charge is -1.95. The Balaban J connectivity index is 2.55. The smallest absolute Gasteiger partial charge is 0.151 e. The van der Waals surface area contributed by atoms with Gasteiger partial charge in [-0.05, 0) is 12.1 Å². The van der Waals surface area contributed by atoms with Gasteiger partial charge >= 0.3 is 0 Å². The van der Waals surface area contributed by atoms with E-state index in [1.807, 2.05) is 0 Å². The Morgan fingerprint density at radius 3 is 2.80 bits per heavy atom. The first-order chi connectivity index (χ1) is 6.96. The fourth-order valence-electron chi connectivity index (χ4n) is 1.47. The quantitative estimate of drug-likeness (QED) is 0.846. The molecule has 1 heterocycles. The molecule has 0 saturated carbocycles. The van der Waals surface area contributed by atoms with Gasteiger partial charge in [0.15, 0.2) is 9.84 Å². The first-order valence-electron chi connectivity index (χ1n) is 4.32. The third-order valence-corrected chi connectivity index (χ3v) is 2.89. The molecule has 0 fully saturated rings. The zero-order valence-electron chi connectivity index (χ0n) is 8.10. The third-order valence-electron chi connectivity index (χ3n) is 2.06. The van der Waals surface area contributed by atoms with Crippen LogP contribution in [0.3, 0.4) is 0 Å². The van der Waals surface area contributed by atoms with Crippen molar-refractivity contribution in [3.05, 3.63) is 30.0 Å². The van der Waals surface area contributed by atoms with Crippen molar-refractivity contribution in [3.8, 4) is 5.75 Å². The van der Waals surface area contributed by atoms with Crippen LogP contribution in [0.5, 0.6) is 5.75 Å². The summed E-state index contributed by atoms with van der Waals surface area (Å²) in [5.41, 5.74) is 1.11. The van der Waals surface area contributed by atoms with Crippen LogP contribution in [-0.4, -0.2) is 19.8 Å². The second-order valence-corrected chi connectivity index (χ2v) is 5.65. The number of phenolic OH excluding ortho intramolecular Hbond substituents is 1. The highest BCUT2D eigenvalue weighted by Crippen LogP contribution is 2.25. The van der Waals surface area contributed by atoms with Crippen LogP contribution in [0.1, 0.15) is 5.56 Å². The van der Waals surface area contributed by atoms with Gasteiger partial charge in [0.05, 0.1) is 12.0 Å². The van der Waals surface area contributed by atoms with Crippen molar-refractivity contribution >= 4 is 20.8 Å². The average Bonchev–Trinajstić information content (AvgIpc) is 2.45. The fraction of sp³-hybridized carbons (Fsp3) is 0.200. The first kappa shape index (κ1) is 10.0. The van der Waals surface area contributed by atoms with Crippen molar-refractivity contribution < 1.29 is 17.9 Å². The van der Waals surface area contributed by atoms with Crippen molar-refractivity contribution in [3.63, 3.8) is 0 Å². The Hall–Kier alpha value is -1.49. The summed E-state index contributed by atoms with van der Waals surface area (Å²) < 4.78 is 27.4. The SMILES string of the molecule is CS(=O)(=O)Cc1coc2cc(O)ccc12. The molecule has 1 aromatic heterocycles. The molecule has 2 rings (SSSR count). The summed E-state index contributed by atoms with van der Waals surface area (Å²) in [6, 6.07) is 4.61. The maximum absolute atomic E-state index is 11.1. The number of aromatic hydroxyl groups is 1. The van der Waals surface area contributed by atoms with Gasteiger partial charge in [-0.15, -0.1) is 0 Å². The van der Waals surface area contributed by atoms with E-state index in [0.29, 0.717) is 11.1 Å². The second kappa shape index (κ2) is 3.27. The van der Waals surface area contributed by atoms with E-state index >= 15 is 0 Å². The van der Waals surface area contributed by atoms with Gasteiger partial charge in [-0.2, -0.15) is 0 Å². The number of phenols is 1. The maximum Gasteiger partial charge on any atom is 0.151 e. The molecule has 0 spiro atoms. The molecule has 1 aromatic carbocycles. The zero-order chi connectivity index (χ0) is 11.1. The van der Waals surface area contributed by atoms with Gasteiger partial charge < -0.3 is 9.52 Å². The molecule has 5 heteroatoms. The van der Waals surface area contributed by atoms with Crippen LogP contribution >= 0.6 is 0 Å². The van der Waals surface area contributed by atoms with Crippen molar-refractivity contribution in [2.24, 2.45) is 0 Å². The van der Waals surface area contributed by atoms with E-state index in [1.165, 1.54) is 24.7 Å². The highest BCUT2D eigenvalue weighted by atomic mass is 32.2.